The van der Waals surface area contributed by atoms with Gasteiger partial charge in [-0.1, -0.05) is 23.7 Å². The number of nitrogens with zero attached hydrogens (tertiary/aromatic N) is 3. The molecule has 0 N–H and O–H groups in total. The van der Waals surface area contributed by atoms with Gasteiger partial charge in [-0.05, 0) is 49.2 Å². The zero-order valence-electron chi connectivity index (χ0n) is 14.3. The molecule has 138 valence electrons. The minimum absolute atomic E-state index is 0.0486. The first-order chi connectivity index (χ1) is 13.0. The normalized spacial score (nSPS) is 13.6. The summed E-state index contributed by atoms with van der Waals surface area (Å²) in [7, 11) is 0. The van der Waals surface area contributed by atoms with Gasteiger partial charge in [0, 0.05) is 22.8 Å². The topological polar surface area (TPSA) is 38.1 Å². The number of carbonyl (C=O) groups excluding carboxylic acids is 1. The number of hydrogen-bond donors (Lipinski definition) is 0. The van der Waals surface area contributed by atoms with Crippen molar-refractivity contribution in [2.24, 2.45) is 0 Å². The third kappa shape index (κ3) is 3.71. The first-order valence-electron chi connectivity index (χ1n) is 8.58. The number of carbonyl (C=O) groups is 1. The Labute approximate surface area is 160 Å². The van der Waals surface area contributed by atoms with Gasteiger partial charge < -0.3 is 4.90 Å². The molecule has 0 spiro atoms. The van der Waals surface area contributed by atoms with Crippen molar-refractivity contribution in [2.75, 3.05) is 0 Å². The molecule has 1 fully saturated rings. The summed E-state index contributed by atoms with van der Waals surface area (Å²) in [6.07, 6.45) is 3.33. The quantitative estimate of drug-likeness (QED) is 0.641. The third-order valence-corrected chi connectivity index (χ3v) is 4.87. The lowest BCUT2D eigenvalue weighted by atomic mass is 10.2. The fourth-order valence-electron chi connectivity index (χ4n) is 2.95. The largest absolute Gasteiger partial charge is 0.330 e. The van der Waals surface area contributed by atoms with Gasteiger partial charge in [0.2, 0.25) is 0 Å². The molecule has 0 bridgehead atoms. The molecule has 1 aromatic heterocycles. The molecule has 4 rings (SSSR count). The second kappa shape index (κ2) is 7.12. The van der Waals surface area contributed by atoms with Crippen molar-refractivity contribution in [1.29, 1.82) is 0 Å². The lowest BCUT2D eigenvalue weighted by Crippen LogP contribution is -2.33. The van der Waals surface area contributed by atoms with Crippen LogP contribution in [-0.2, 0) is 6.54 Å². The summed E-state index contributed by atoms with van der Waals surface area (Å²) < 4.78 is 29.0. The van der Waals surface area contributed by atoms with E-state index in [0.717, 1.165) is 12.8 Å². The summed E-state index contributed by atoms with van der Waals surface area (Å²) in [4.78, 5) is 14.6. The summed E-state index contributed by atoms with van der Waals surface area (Å²) in [5.74, 6) is -1.12. The predicted octanol–water partition coefficient (Wildman–Crippen LogP) is 4.61. The Morgan fingerprint density at radius 2 is 1.96 bits per heavy atom. The zero-order valence-corrected chi connectivity index (χ0v) is 15.0. The number of hydrogen-bond acceptors (Lipinski definition) is 2. The molecule has 0 aliphatic heterocycles. The lowest BCUT2D eigenvalue weighted by molar-refractivity contribution is 0.0722. The van der Waals surface area contributed by atoms with Crippen LogP contribution in [0.1, 0.15) is 28.9 Å². The van der Waals surface area contributed by atoms with Crippen LogP contribution < -0.4 is 0 Å². The highest BCUT2D eigenvalue weighted by Gasteiger charge is 2.34. The molecule has 0 radical (unpaired) electrons. The molecule has 2 aromatic carbocycles. The fraction of sp³-hybridized carbons (Fsp3) is 0.200. The second-order valence-corrected chi connectivity index (χ2v) is 6.90. The maximum atomic E-state index is 14.1. The van der Waals surface area contributed by atoms with E-state index >= 15 is 0 Å². The van der Waals surface area contributed by atoms with Crippen molar-refractivity contribution in [3.63, 3.8) is 0 Å². The summed E-state index contributed by atoms with van der Waals surface area (Å²) in [6.45, 7) is 0.0852. The minimum Gasteiger partial charge on any atom is -0.330 e. The molecule has 7 heteroatoms. The molecule has 1 saturated carbocycles. The lowest BCUT2D eigenvalue weighted by Gasteiger charge is -2.22. The summed E-state index contributed by atoms with van der Waals surface area (Å²) in [5, 5.41) is 4.56. The van der Waals surface area contributed by atoms with Gasteiger partial charge in [0.25, 0.3) is 5.91 Å². The van der Waals surface area contributed by atoms with Crippen molar-refractivity contribution in [3.05, 3.63) is 82.6 Å². The van der Waals surface area contributed by atoms with Gasteiger partial charge in [-0.2, -0.15) is 5.10 Å². The van der Waals surface area contributed by atoms with Gasteiger partial charge in [-0.25, -0.2) is 13.5 Å². The van der Waals surface area contributed by atoms with Crippen LogP contribution in [0.2, 0.25) is 5.02 Å². The van der Waals surface area contributed by atoms with Crippen LogP contribution >= 0.6 is 11.6 Å². The van der Waals surface area contributed by atoms with E-state index in [1.165, 1.54) is 28.9 Å². The molecule has 0 unspecified atom stereocenters. The van der Waals surface area contributed by atoms with Gasteiger partial charge in [0.1, 0.15) is 11.6 Å². The van der Waals surface area contributed by atoms with Gasteiger partial charge in [0.05, 0.1) is 12.2 Å². The molecule has 1 aliphatic carbocycles. The van der Waals surface area contributed by atoms with Crippen LogP contribution in [0.4, 0.5) is 8.78 Å². The van der Waals surface area contributed by atoms with Crippen molar-refractivity contribution >= 4 is 17.5 Å². The van der Waals surface area contributed by atoms with Crippen LogP contribution in [0.15, 0.2) is 54.7 Å². The average Bonchev–Trinajstić information content (AvgIpc) is 3.36. The van der Waals surface area contributed by atoms with Crippen molar-refractivity contribution < 1.29 is 13.6 Å². The molecule has 0 saturated heterocycles. The Morgan fingerprint density at radius 1 is 1.19 bits per heavy atom. The molecular formula is C20H16ClF2N3O. The minimum atomic E-state index is -0.439. The van der Waals surface area contributed by atoms with Crippen molar-refractivity contribution in [1.82, 2.24) is 14.7 Å². The van der Waals surface area contributed by atoms with E-state index in [4.69, 9.17) is 11.6 Å². The number of aromatic nitrogens is 2. The van der Waals surface area contributed by atoms with Crippen molar-refractivity contribution in [3.8, 4) is 5.69 Å². The number of amides is 1. The van der Waals surface area contributed by atoms with E-state index in [2.05, 4.69) is 5.10 Å². The van der Waals surface area contributed by atoms with E-state index < -0.39 is 5.82 Å². The van der Waals surface area contributed by atoms with Gasteiger partial charge in [-0.3, -0.25) is 4.79 Å². The van der Waals surface area contributed by atoms with E-state index in [9.17, 15) is 13.6 Å². The smallest absolute Gasteiger partial charge is 0.274 e. The molecule has 0 atom stereocenters. The number of halogens is 3. The molecule has 3 aromatic rings. The summed E-state index contributed by atoms with van der Waals surface area (Å²) in [6, 6.07) is 12.0. The van der Waals surface area contributed by atoms with Gasteiger partial charge in [0.15, 0.2) is 5.69 Å². The zero-order chi connectivity index (χ0) is 19.0. The number of rotatable bonds is 5. The Bertz CT molecular complexity index is 980. The third-order valence-electron chi connectivity index (χ3n) is 4.52. The van der Waals surface area contributed by atoms with Crippen molar-refractivity contribution in [2.45, 2.75) is 25.4 Å². The highest BCUT2D eigenvalue weighted by atomic mass is 35.5. The maximum absolute atomic E-state index is 14.1. The second-order valence-electron chi connectivity index (χ2n) is 6.49. The molecule has 4 nitrogen and oxygen atoms in total. The fourth-order valence-corrected chi connectivity index (χ4v) is 3.18. The van der Waals surface area contributed by atoms with Crippen LogP contribution in [0, 0.1) is 11.6 Å². The van der Waals surface area contributed by atoms with Crippen LogP contribution in [0.5, 0.6) is 0 Å². The van der Waals surface area contributed by atoms with E-state index in [-0.39, 0.29) is 30.0 Å². The SMILES string of the molecule is O=C(c1ccn(-c2cccc(F)c2)n1)N(Cc1c(F)cccc1Cl)C1CC1. The average molecular weight is 388 g/mol. The Balaban J connectivity index is 1.60. The van der Waals surface area contributed by atoms with Crippen LogP contribution in [-0.4, -0.2) is 26.6 Å². The predicted molar refractivity (Wildman–Crippen MR) is 97.8 cm³/mol. The standard InChI is InChI=1S/C20H16ClF2N3O/c21-17-5-2-6-18(23)16(17)12-25(14-7-8-14)20(27)19-9-10-26(24-19)15-4-1-3-13(22)11-15/h1-6,9-11,14H,7-8,12H2. The maximum Gasteiger partial charge on any atom is 0.274 e. The van der Waals surface area contributed by atoms with E-state index in [1.807, 2.05) is 0 Å². The van der Waals surface area contributed by atoms with Crippen LogP contribution in [0.3, 0.4) is 0 Å². The monoisotopic (exact) mass is 387 g/mol. The first kappa shape index (κ1) is 17.7. The Morgan fingerprint density at radius 3 is 2.67 bits per heavy atom. The first-order valence-corrected chi connectivity index (χ1v) is 8.96. The highest BCUT2D eigenvalue weighted by Crippen LogP contribution is 2.31. The highest BCUT2D eigenvalue weighted by molar-refractivity contribution is 6.31. The number of benzene rings is 2. The van der Waals surface area contributed by atoms with Crippen LogP contribution in [0.25, 0.3) is 5.69 Å². The molecule has 1 amide bonds. The van der Waals surface area contributed by atoms with E-state index in [1.54, 1.807) is 35.4 Å². The molecule has 1 heterocycles. The van der Waals surface area contributed by atoms with Gasteiger partial charge in [-0.15, -0.1) is 0 Å². The summed E-state index contributed by atoms with van der Waals surface area (Å²) in [5.41, 5.74) is 1.03. The molecule has 1 aliphatic rings. The van der Waals surface area contributed by atoms with Gasteiger partial charge >= 0.3 is 0 Å². The molecular weight excluding hydrogens is 372 g/mol. The Kier molecular flexibility index (Phi) is 4.66. The van der Waals surface area contributed by atoms with E-state index in [0.29, 0.717) is 16.3 Å². The summed E-state index contributed by atoms with van der Waals surface area (Å²) >= 11 is 6.12. The molecule has 27 heavy (non-hydrogen) atoms. The Hall–Kier alpha value is -2.73.